The second-order valence-corrected chi connectivity index (χ2v) is 2.93. The van der Waals surface area contributed by atoms with E-state index in [1.807, 2.05) is 37.1 Å². The zero-order chi connectivity index (χ0) is 10.4. The van der Waals surface area contributed by atoms with Crippen LogP contribution in [0.5, 0.6) is 0 Å². The van der Waals surface area contributed by atoms with E-state index in [1.165, 1.54) is 0 Å². The Balaban J connectivity index is 2.80. The van der Waals surface area contributed by atoms with Crippen molar-refractivity contribution in [2.75, 3.05) is 37.0 Å². The van der Waals surface area contributed by atoms with Gasteiger partial charge in [-0.05, 0) is 19.1 Å². The third-order valence-electron chi connectivity index (χ3n) is 2.07. The smallest absolute Gasteiger partial charge is 0.131 e. The molecule has 0 aliphatic heterocycles. The lowest BCUT2D eigenvalue weighted by molar-refractivity contribution is 0.302. The molecule has 4 nitrogen and oxygen atoms in total. The van der Waals surface area contributed by atoms with Crippen LogP contribution in [0.4, 0.5) is 11.6 Å². The number of aliphatic hydroxyl groups excluding tert-OH is 1. The molecule has 1 rings (SSSR count). The number of hydrogen-bond acceptors (Lipinski definition) is 4. The van der Waals surface area contributed by atoms with Crippen LogP contribution in [-0.2, 0) is 0 Å². The Bertz CT molecular complexity index is 278. The van der Waals surface area contributed by atoms with Crippen LogP contribution in [0.15, 0.2) is 18.2 Å². The summed E-state index contributed by atoms with van der Waals surface area (Å²) in [7, 11) is 1.84. The molecule has 0 saturated carbocycles. The van der Waals surface area contributed by atoms with Crippen molar-refractivity contribution < 1.29 is 5.11 Å². The van der Waals surface area contributed by atoms with Gasteiger partial charge in [-0.2, -0.15) is 0 Å². The van der Waals surface area contributed by atoms with E-state index in [9.17, 15) is 0 Å². The fraction of sp³-hybridized carbons (Fsp3) is 0.500. The van der Waals surface area contributed by atoms with Crippen molar-refractivity contribution in [1.82, 2.24) is 4.98 Å². The van der Waals surface area contributed by atoms with Crippen LogP contribution in [0.1, 0.15) is 6.92 Å². The highest BCUT2D eigenvalue weighted by molar-refractivity contribution is 5.46. The molecule has 0 saturated heterocycles. The van der Waals surface area contributed by atoms with Crippen molar-refractivity contribution in [3.05, 3.63) is 18.2 Å². The molecule has 0 aromatic carbocycles. The molecule has 0 aliphatic carbocycles. The van der Waals surface area contributed by atoms with Gasteiger partial charge in [-0.15, -0.1) is 0 Å². The second kappa shape index (κ2) is 5.44. The molecule has 14 heavy (non-hydrogen) atoms. The van der Waals surface area contributed by atoms with E-state index in [4.69, 9.17) is 5.11 Å². The number of rotatable bonds is 5. The van der Waals surface area contributed by atoms with Crippen molar-refractivity contribution in [3.8, 4) is 0 Å². The van der Waals surface area contributed by atoms with Crippen molar-refractivity contribution in [2.24, 2.45) is 0 Å². The minimum Gasteiger partial charge on any atom is -0.395 e. The van der Waals surface area contributed by atoms with Crippen LogP contribution in [0.3, 0.4) is 0 Å². The molecule has 2 N–H and O–H groups in total. The van der Waals surface area contributed by atoms with Crippen molar-refractivity contribution in [1.29, 1.82) is 0 Å². The predicted octanol–water partition coefficient (Wildman–Crippen LogP) is 0.942. The van der Waals surface area contributed by atoms with E-state index in [0.29, 0.717) is 6.54 Å². The molecule has 1 aromatic heterocycles. The van der Waals surface area contributed by atoms with E-state index in [-0.39, 0.29) is 6.61 Å². The first-order valence-corrected chi connectivity index (χ1v) is 4.82. The van der Waals surface area contributed by atoms with Crippen LogP contribution >= 0.6 is 0 Å². The summed E-state index contributed by atoms with van der Waals surface area (Å²) in [4.78, 5) is 6.41. The zero-order valence-corrected chi connectivity index (χ0v) is 8.70. The van der Waals surface area contributed by atoms with Gasteiger partial charge in [-0.1, -0.05) is 6.07 Å². The van der Waals surface area contributed by atoms with Crippen LogP contribution in [0.2, 0.25) is 0 Å². The van der Waals surface area contributed by atoms with Gasteiger partial charge >= 0.3 is 0 Å². The summed E-state index contributed by atoms with van der Waals surface area (Å²) in [6, 6.07) is 5.81. The Morgan fingerprint density at radius 1 is 1.50 bits per heavy atom. The first-order valence-electron chi connectivity index (χ1n) is 4.82. The highest BCUT2D eigenvalue weighted by Gasteiger charge is 2.04. The molecule has 0 unspecified atom stereocenters. The standard InChI is InChI=1S/C10H17N3O/c1-3-13(7-8-14)10-6-4-5-9(11-2)12-10/h4-6,14H,3,7-8H2,1-2H3,(H,11,12). The van der Waals surface area contributed by atoms with Crippen molar-refractivity contribution in [3.63, 3.8) is 0 Å². The maximum absolute atomic E-state index is 8.87. The average Bonchev–Trinajstić information content (AvgIpc) is 2.26. The Labute approximate surface area is 84.6 Å². The number of hydrogen-bond donors (Lipinski definition) is 2. The third-order valence-corrected chi connectivity index (χ3v) is 2.07. The first kappa shape index (κ1) is 10.8. The minimum absolute atomic E-state index is 0.152. The molecule has 0 spiro atoms. The Hall–Kier alpha value is -1.29. The number of likely N-dealkylation sites (N-methyl/N-ethyl adjacent to an activating group) is 1. The summed E-state index contributed by atoms with van der Waals surface area (Å²) in [6.45, 7) is 3.67. The first-order chi connectivity index (χ1) is 6.81. The average molecular weight is 195 g/mol. The summed E-state index contributed by atoms with van der Waals surface area (Å²) in [6.07, 6.45) is 0. The maximum Gasteiger partial charge on any atom is 0.131 e. The molecule has 0 bridgehead atoms. The fourth-order valence-electron chi connectivity index (χ4n) is 1.29. The third kappa shape index (κ3) is 2.60. The molecular weight excluding hydrogens is 178 g/mol. The number of nitrogens with one attached hydrogen (secondary N) is 1. The molecule has 1 heterocycles. The van der Waals surface area contributed by atoms with Crippen LogP contribution in [0, 0.1) is 0 Å². The van der Waals surface area contributed by atoms with Gasteiger partial charge in [0.05, 0.1) is 6.61 Å². The molecule has 0 fully saturated rings. The van der Waals surface area contributed by atoms with E-state index in [1.54, 1.807) is 0 Å². The highest BCUT2D eigenvalue weighted by atomic mass is 16.3. The van der Waals surface area contributed by atoms with Gasteiger partial charge in [0.1, 0.15) is 11.6 Å². The molecule has 0 radical (unpaired) electrons. The summed E-state index contributed by atoms with van der Waals surface area (Å²) in [5.74, 6) is 1.74. The SMILES string of the molecule is CCN(CCO)c1cccc(NC)n1. The zero-order valence-electron chi connectivity index (χ0n) is 8.70. The highest BCUT2D eigenvalue weighted by Crippen LogP contribution is 2.13. The maximum atomic E-state index is 8.87. The van der Waals surface area contributed by atoms with Crippen LogP contribution < -0.4 is 10.2 Å². The molecule has 1 aromatic rings. The summed E-state index contributed by atoms with van der Waals surface area (Å²) >= 11 is 0. The number of aliphatic hydroxyl groups is 1. The Morgan fingerprint density at radius 3 is 2.86 bits per heavy atom. The van der Waals surface area contributed by atoms with Crippen molar-refractivity contribution in [2.45, 2.75) is 6.92 Å². The number of aromatic nitrogens is 1. The molecule has 0 aliphatic rings. The lowest BCUT2D eigenvalue weighted by Crippen LogP contribution is -2.27. The van der Waals surface area contributed by atoms with Gasteiger partial charge in [0.15, 0.2) is 0 Å². The van der Waals surface area contributed by atoms with Crippen LogP contribution in [-0.4, -0.2) is 36.8 Å². The van der Waals surface area contributed by atoms with Gasteiger partial charge in [0.2, 0.25) is 0 Å². The summed E-state index contributed by atoms with van der Waals surface area (Å²) in [5.41, 5.74) is 0. The van der Waals surface area contributed by atoms with Gasteiger partial charge in [-0.25, -0.2) is 4.98 Å². The summed E-state index contributed by atoms with van der Waals surface area (Å²) < 4.78 is 0. The van der Waals surface area contributed by atoms with E-state index in [0.717, 1.165) is 18.2 Å². The monoisotopic (exact) mass is 195 g/mol. The lowest BCUT2D eigenvalue weighted by Gasteiger charge is -2.20. The number of nitrogens with zero attached hydrogens (tertiary/aromatic N) is 2. The largest absolute Gasteiger partial charge is 0.395 e. The number of pyridine rings is 1. The van der Waals surface area contributed by atoms with Gasteiger partial charge in [-0.3, -0.25) is 0 Å². The van der Waals surface area contributed by atoms with E-state index in [2.05, 4.69) is 10.3 Å². The molecule has 4 heteroatoms. The predicted molar refractivity (Wildman–Crippen MR) is 58.8 cm³/mol. The molecule has 0 amide bonds. The minimum atomic E-state index is 0.152. The normalized spacial score (nSPS) is 9.93. The van der Waals surface area contributed by atoms with Gasteiger partial charge in [0.25, 0.3) is 0 Å². The van der Waals surface area contributed by atoms with Gasteiger partial charge < -0.3 is 15.3 Å². The fourth-order valence-corrected chi connectivity index (χ4v) is 1.29. The van der Waals surface area contributed by atoms with Crippen molar-refractivity contribution >= 4 is 11.6 Å². The number of anilines is 2. The van der Waals surface area contributed by atoms with E-state index >= 15 is 0 Å². The van der Waals surface area contributed by atoms with E-state index < -0.39 is 0 Å². The lowest BCUT2D eigenvalue weighted by atomic mass is 10.4. The summed E-state index contributed by atoms with van der Waals surface area (Å²) in [5, 5.41) is 11.9. The Morgan fingerprint density at radius 2 is 2.29 bits per heavy atom. The molecule has 0 atom stereocenters. The van der Waals surface area contributed by atoms with Gasteiger partial charge in [0, 0.05) is 20.1 Å². The van der Waals surface area contributed by atoms with Crippen LogP contribution in [0.25, 0.3) is 0 Å². The second-order valence-electron chi connectivity index (χ2n) is 2.93. The Kier molecular flexibility index (Phi) is 4.19. The topological polar surface area (TPSA) is 48.4 Å². The molecule has 78 valence electrons. The quantitative estimate of drug-likeness (QED) is 0.734. The molecular formula is C10H17N3O.